The number of nitrogens with zero attached hydrogens (tertiary/aromatic N) is 2. The van der Waals surface area contributed by atoms with Crippen LogP contribution in [0.15, 0.2) is 59.5 Å². The smallest absolute Gasteiger partial charge is 0.267 e. The van der Waals surface area contributed by atoms with Gasteiger partial charge in [-0.25, -0.2) is 13.9 Å². The zero-order chi connectivity index (χ0) is 20.1. The summed E-state index contributed by atoms with van der Waals surface area (Å²) in [5.41, 5.74) is 2.93. The quantitative estimate of drug-likeness (QED) is 0.439. The molecular weight excluding hydrogens is 402 g/mol. The number of halogens is 1. The molecule has 0 aliphatic carbocycles. The predicted molar refractivity (Wildman–Crippen MR) is 108 cm³/mol. The van der Waals surface area contributed by atoms with E-state index in [1.807, 2.05) is 24.3 Å². The van der Waals surface area contributed by atoms with E-state index >= 15 is 0 Å². The van der Waals surface area contributed by atoms with Gasteiger partial charge in [-0.05, 0) is 35.9 Å². The minimum Gasteiger partial charge on any atom is -0.368 e. The van der Waals surface area contributed by atoms with Crippen LogP contribution in [0.5, 0.6) is 0 Å². The van der Waals surface area contributed by atoms with Crippen LogP contribution in [0.25, 0.3) is 6.08 Å². The highest BCUT2D eigenvalue weighted by Crippen LogP contribution is 2.27. The van der Waals surface area contributed by atoms with Gasteiger partial charge in [-0.15, -0.1) is 0 Å². The second-order valence-corrected chi connectivity index (χ2v) is 8.57. The van der Waals surface area contributed by atoms with E-state index in [4.69, 9.17) is 16.8 Å². The molecule has 1 amide bonds. The van der Waals surface area contributed by atoms with Gasteiger partial charge in [-0.3, -0.25) is 10.0 Å². The number of sulfonamides is 1. The van der Waals surface area contributed by atoms with Crippen molar-refractivity contribution in [3.63, 3.8) is 0 Å². The van der Waals surface area contributed by atoms with Gasteiger partial charge in [0.2, 0.25) is 10.0 Å². The van der Waals surface area contributed by atoms with Gasteiger partial charge < -0.3 is 4.90 Å². The summed E-state index contributed by atoms with van der Waals surface area (Å²) in [6, 6.07) is 13.8. The van der Waals surface area contributed by atoms with Crippen LogP contribution in [0.4, 0.5) is 5.69 Å². The molecule has 3 rings (SSSR count). The fourth-order valence-electron chi connectivity index (χ4n) is 3.01. The largest absolute Gasteiger partial charge is 0.368 e. The molecule has 0 aromatic heterocycles. The van der Waals surface area contributed by atoms with Gasteiger partial charge in [0.15, 0.2) is 0 Å². The normalized spacial score (nSPS) is 15.7. The number of nitrogens with one attached hydrogen (secondary N) is 1. The molecule has 9 heteroatoms. The third kappa shape index (κ3) is 4.53. The van der Waals surface area contributed by atoms with Crippen molar-refractivity contribution in [2.45, 2.75) is 4.90 Å². The lowest BCUT2D eigenvalue weighted by Gasteiger charge is -2.35. The molecule has 0 unspecified atom stereocenters. The minimum atomic E-state index is -3.65. The number of para-hydroxylation sites is 1. The second-order valence-electron chi connectivity index (χ2n) is 6.22. The first-order valence-electron chi connectivity index (χ1n) is 8.63. The zero-order valence-corrected chi connectivity index (χ0v) is 16.5. The van der Waals surface area contributed by atoms with Crippen LogP contribution in [0.3, 0.4) is 0 Å². The van der Waals surface area contributed by atoms with Crippen LogP contribution in [0.1, 0.15) is 5.56 Å². The third-order valence-corrected chi connectivity index (χ3v) is 6.68. The van der Waals surface area contributed by atoms with Crippen LogP contribution in [0.2, 0.25) is 5.02 Å². The predicted octanol–water partition coefficient (Wildman–Crippen LogP) is 2.37. The lowest BCUT2D eigenvalue weighted by molar-refractivity contribution is -0.124. The zero-order valence-electron chi connectivity index (χ0n) is 15.0. The maximum absolute atomic E-state index is 13.0. The fourth-order valence-corrected chi connectivity index (χ4v) is 4.75. The van der Waals surface area contributed by atoms with Gasteiger partial charge in [0.1, 0.15) is 0 Å². The Kier molecular flexibility index (Phi) is 6.35. The van der Waals surface area contributed by atoms with Crippen LogP contribution < -0.4 is 10.4 Å². The molecule has 1 fully saturated rings. The standard InChI is InChI=1S/C19H20ClN3O4S/c20-17-6-1-2-7-18(17)22-10-12-23(13-11-22)28(26,27)16-5-3-4-15(14-16)8-9-19(24)21-25/h1-9,14,25H,10-13H2,(H,21,24)/b9-8+. The molecule has 148 valence electrons. The molecule has 0 atom stereocenters. The summed E-state index contributed by atoms with van der Waals surface area (Å²) < 4.78 is 27.4. The van der Waals surface area contributed by atoms with E-state index in [1.165, 1.54) is 28.0 Å². The molecule has 1 saturated heterocycles. The van der Waals surface area contributed by atoms with E-state index < -0.39 is 15.9 Å². The Morgan fingerprint density at radius 3 is 2.46 bits per heavy atom. The molecule has 7 nitrogen and oxygen atoms in total. The van der Waals surface area contributed by atoms with E-state index in [2.05, 4.69) is 4.90 Å². The Balaban J connectivity index is 1.73. The molecule has 0 bridgehead atoms. The lowest BCUT2D eigenvalue weighted by atomic mass is 10.2. The summed E-state index contributed by atoms with van der Waals surface area (Å²) in [5.74, 6) is -0.691. The van der Waals surface area contributed by atoms with E-state index in [-0.39, 0.29) is 4.90 Å². The Hall–Kier alpha value is -2.39. The molecule has 1 heterocycles. The summed E-state index contributed by atoms with van der Waals surface area (Å²) in [4.78, 5) is 13.3. The number of amides is 1. The summed E-state index contributed by atoms with van der Waals surface area (Å²) in [6.07, 6.45) is 2.55. The van der Waals surface area contributed by atoms with Gasteiger partial charge in [-0.2, -0.15) is 4.31 Å². The molecule has 0 saturated carbocycles. The number of rotatable bonds is 5. The molecule has 1 aliphatic rings. The first-order chi connectivity index (χ1) is 13.4. The first-order valence-corrected chi connectivity index (χ1v) is 10.5. The second kappa shape index (κ2) is 8.74. The number of hydrogen-bond acceptors (Lipinski definition) is 5. The summed E-state index contributed by atoms with van der Waals surface area (Å²) >= 11 is 6.24. The molecule has 28 heavy (non-hydrogen) atoms. The Morgan fingerprint density at radius 1 is 1.07 bits per heavy atom. The molecular formula is C19H20ClN3O4S. The SMILES string of the molecule is O=C(/C=C/c1cccc(S(=O)(=O)N2CCN(c3ccccc3Cl)CC2)c1)NO. The van der Waals surface area contributed by atoms with E-state index in [1.54, 1.807) is 12.1 Å². The van der Waals surface area contributed by atoms with Gasteiger partial charge in [-0.1, -0.05) is 35.9 Å². The number of carbonyl (C=O) groups excluding carboxylic acids is 1. The summed E-state index contributed by atoms with van der Waals surface area (Å²) in [5, 5.41) is 9.17. The highest BCUT2D eigenvalue weighted by atomic mass is 35.5. The summed E-state index contributed by atoms with van der Waals surface area (Å²) in [6.45, 7) is 1.78. The minimum absolute atomic E-state index is 0.158. The Morgan fingerprint density at radius 2 is 1.79 bits per heavy atom. The average molecular weight is 422 g/mol. The van der Waals surface area contributed by atoms with Gasteiger partial charge in [0.05, 0.1) is 15.6 Å². The van der Waals surface area contributed by atoms with Crippen LogP contribution in [-0.4, -0.2) is 50.0 Å². The number of carbonyl (C=O) groups is 1. The molecule has 0 radical (unpaired) electrons. The van der Waals surface area contributed by atoms with Crippen molar-refractivity contribution in [3.8, 4) is 0 Å². The van der Waals surface area contributed by atoms with Crippen molar-refractivity contribution in [3.05, 3.63) is 65.2 Å². The van der Waals surface area contributed by atoms with E-state index in [0.29, 0.717) is 36.8 Å². The topological polar surface area (TPSA) is 90.0 Å². The maximum Gasteiger partial charge on any atom is 0.267 e. The van der Waals surface area contributed by atoms with Crippen molar-refractivity contribution >= 4 is 39.3 Å². The monoisotopic (exact) mass is 421 g/mol. The molecule has 2 aromatic carbocycles. The number of piperazine rings is 1. The first kappa shape index (κ1) is 20.3. The van der Waals surface area contributed by atoms with E-state index in [9.17, 15) is 13.2 Å². The molecule has 2 N–H and O–H groups in total. The van der Waals surface area contributed by atoms with Crippen LogP contribution in [0, 0.1) is 0 Å². The average Bonchev–Trinajstić information content (AvgIpc) is 2.72. The highest BCUT2D eigenvalue weighted by Gasteiger charge is 2.29. The molecule has 1 aliphatic heterocycles. The third-order valence-electron chi connectivity index (χ3n) is 4.46. The number of anilines is 1. The number of hydroxylamine groups is 1. The van der Waals surface area contributed by atoms with Gasteiger partial charge in [0, 0.05) is 32.3 Å². The lowest BCUT2D eigenvalue weighted by Crippen LogP contribution is -2.48. The highest BCUT2D eigenvalue weighted by molar-refractivity contribution is 7.89. The Labute approximate surface area is 168 Å². The number of benzene rings is 2. The van der Waals surface area contributed by atoms with Crippen LogP contribution >= 0.6 is 11.6 Å². The number of hydrogen-bond donors (Lipinski definition) is 2. The fraction of sp³-hybridized carbons (Fsp3) is 0.211. The van der Waals surface area contributed by atoms with E-state index in [0.717, 1.165) is 11.8 Å². The van der Waals surface area contributed by atoms with Crippen molar-refractivity contribution in [2.24, 2.45) is 0 Å². The van der Waals surface area contributed by atoms with Crippen molar-refractivity contribution in [2.75, 3.05) is 31.1 Å². The van der Waals surface area contributed by atoms with Crippen LogP contribution in [-0.2, 0) is 14.8 Å². The van der Waals surface area contributed by atoms with Crippen molar-refractivity contribution < 1.29 is 18.4 Å². The maximum atomic E-state index is 13.0. The van der Waals surface area contributed by atoms with Gasteiger partial charge in [0.25, 0.3) is 5.91 Å². The van der Waals surface area contributed by atoms with Crippen molar-refractivity contribution in [1.29, 1.82) is 0 Å². The van der Waals surface area contributed by atoms with Crippen molar-refractivity contribution in [1.82, 2.24) is 9.79 Å². The Bertz CT molecular complexity index is 986. The molecule has 2 aromatic rings. The van der Waals surface area contributed by atoms with Gasteiger partial charge >= 0.3 is 0 Å². The molecule has 0 spiro atoms. The summed E-state index contributed by atoms with van der Waals surface area (Å²) in [7, 11) is -3.65.